The number of rotatable bonds is 11. The molecule has 30 heavy (non-hydrogen) atoms. The number of carboxylic acid groups (broad SMARTS) is 1. The van der Waals surface area contributed by atoms with E-state index in [1.807, 2.05) is 24.3 Å². The van der Waals surface area contributed by atoms with Crippen molar-refractivity contribution in [2.24, 2.45) is 11.5 Å². The first kappa shape index (κ1) is 23.2. The molecular formula is C19H25N5O5S. The first-order chi connectivity index (χ1) is 14.2. The van der Waals surface area contributed by atoms with Crippen LogP contribution in [0.4, 0.5) is 0 Å². The van der Waals surface area contributed by atoms with Crippen molar-refractivity contribution >= 4 is 47.2 Å². The zero-order valence-electron chi connectivity index (χ0n) is 16.1. The SMILES string of the molecule is NC(=O)CCC(NC(=O)C(Cc1c[nH]c2ccccc12)NC(=O)C(N)CS)C(=O)O. The highest BCUT2D eigenvalue weighted by Gasteiger charge is 2.28. The van der Waals surface area contributed by atoms with E-state index >= 15 is 0 Å². The fourth-order valence-corrected chi connectivity index (χ4v) is 3.07. The lowest BCUT2D eigenvalue weighted by Crippen LogP contribution is -2.55. The van der Waals surface area contributed by atoms with E-state index in [4.69, 9.17) is 11.5 Å². The van der Waals surface area contributed by atoms with Crippen molar-refractivity contribution in [3.63, 3.8) is 0 Å². The van der Waals surface area contributed by atoms with E-state index in [9.17, 15) is 24.3 Å². The predicted molar refractivity (Wildman–Crippen MR) is 114 cm³/mol. The van der Waals surface area contributed by atoms with Gasteiger partial charge in [-0.1, -0.05) is 18.2 Å². The maximum atomic E-state index is 12.8. The third kappa shape index (κ3) is 6.22. The highest BCUT2D eigenvalue weighted by Crippen LogP contribution is 2.19. The highest BCUT2D eigenvalue weighted by atomic mass is 32.1. The summed E-state index contributed by atoms with van der Waals surface area (Å²) in [7, 11) is 0. The van der Waals surface area contributed by atoms with Crippen LogP contribution in [-0.2, 0) is 25.6 Å². The molecule has 0 aliphatic heterocycles. The fraction of sp³-hybridized carbons (Fsp3) is 0.368. The summed E-state index contributed by atoms with van der Waals surface area (Å²) in [5.74, 6) is -3.22. The quantitative estimate of drug-likeness (QED) is 0.229. The van der Waals surface area contributed by atoms with Gasteiger partial charge in [-0.15, -0.1) is 0 Å². The van der Waals surface area contributed by atoms with Crippen LogP contribution in [0.1, 0.15) is 18.4 Å². The average molecular weight is 436 g/mol. The highest BCUT2D eigenvalue weighted by molar-refractivity contribution is 7.80. The first-order valence-corrected chi connectivity index (χ1v) is 9.89. The van der Waals surface area contributed by atoms with Crippen molar-refractivity contribution in [2.45, 2.75) is 37.4 Å². The average Bonchev–Trinajstić information content (AvgIpc) is 3.12. The number of aromatic nitrogens is 1. The van der Waals surface area contributed by atoms with E-state index in [1.54, 1.807) is 6.20 Å². The molecule has 3 atom stereocenters. The van der Waals surface area contributed by atoms with Gasteiger partial charge in [0.1, 0.15) is 12.1 Å². The van der Waals surface area contributed by atoms with Gasteiger partial charge in [-0.3, -0.25) is 14.4 Å². The summed E-state index contributed by atoms with van der Waals surface area (Å²) < 4.78 is 0. The molecule has 3 unspecified atom stereocenters. The second-order valence-corrected chi connectivity index (χ2v) is 7.18. The molecule has 8 N–H and O–H groups in total. The second-order valence-electron chi connectivity index (χ2n) is 6.82. The number of aliphatic carboxylic acids is 1. The monoisotopic (exact) mass is 435 g/mol. The third-order valence-corrected chi connectivity index (χ3v) is 4.95. The number of carbonyl (C=O) groups excluding carboxylic acids is 3. The van der Waals surface area contributed by atoms with E-state index in [-0.39, 0.29) is 25.0 Å². The van der Waals surface area contributed by atoms with E-state index in [0.29, 0.717) is 0 Å². The Morgan fingerprint density at radius 1 is 1.10 bits per heavy atom. The number of carboxylic acids is 1. The van der Waals surface area contributed by atoms with Crippen LogP contribution in [0.15, 0.2) is 30.5 Å². The zero-order valence-corrected chi connectivity index (χ0v) is 17.0. The topological polar surface area (TPSA) is 180 Å². The molecule has 2 aromatic rings. The summed E-state index contributed by atoms with van der Waals surface area (Å²) in [5, 5.41) is 15.1. The lowest BCUT2D eigenvalue weighted by atomic mass is 10.0. The van der Waals surface area contributed by atoms with Gasteiger partial charge < -0.3 is 32.2 Å². The molecule has 1 heterocycles. The van der Waals surface area contributed by atoms with Gasteiger partial charge in [0.05, 0.1) is 6.04 Å². The molecule has 0 radical (unpaired) electrons. The van der Waals surface area contributed by atoms with Crippen molar-refractivity contribution in [3.05, 3.63) is 36.0 Å². The lowest BCUT2D eigenvalue weighted by molar-refractivity contribution is -0.142. The summed E-state index contributed by atoms with van der Waals surface area (Å²) in [4.78, 5) is 50.6. The van der Waals surface area contributed by atoms with Crippen LogP contribution >= 0.6 is 12.6 Å². The number of carbonyl (C=O) groups is 4. The predicted octanol–water partition coefficient (Wildman–Crippen LogP) is -0.713. The maximum Gasteiger partial charge on any atom is 0.326 e. The largest absolute Gasteiger partial charge is 0.480 e. The van der Waals surface area contributed by atoms with E-state index in [2.05, 4.69) is 28.2 Å². The summed E-state index contributed by atoms with van der Waals surface area (Å²) >= 11 is 3.98. The Morgan fingerprint density at radius 3 is 2.40 bits per heavy atom. The van der Waals surface area contributed by atoms with Gasteiger partial charge >= 0.3 is 5.97 Å². The molecule has 3 amide bonds. The van der Waals surface area contributed by atoms with Crippen LogP contribution in [0.5, 0.6) is 0 Å². The first-order valence-electron chi connectivity index (χ1n) is 9.26. The minimum Gasteiger partial charge on any atom is -0.480 e. The van der Waals surface area contributed by atoms with Crippen LogP contribution < -0.4 is 22.1 Å². The molecule has 0 spiro atoms. The van der Waals surface area contributed by atoms with Crippen molar-refractivity contribution in [1.29, 1.82) is 0 Å². The Hall–Kier alpha value is -3.05. The molecule has 1 aromatic heterocycles. The molecule has 0 bridgehead atoms. The number of benzene rings is 1. The molecule has 0 saturated heterocycles. The Labute approximate surface area is 178 Å². The van der Waals surface area contributed by atoms with Crippen LogP contribution in [-0.4, -0.2) is 57.7 Å². The van der Waals surface area contributed by atoms with Crippen molar-refractivity contribution in [1.82, 2.24) is 15.6 Å². The van der Waals surface area contributed by atoms with E-state index in [1.165, 1.54) is 0 Å². The van der Waals surface area contributed by atoms with Crippen LogP contribution in [0.3, 0.4) is 0 Å². The minimum absolute atomic E-state index is 0.0730. The maximum absolute atomic E-state index is 12.8. The summed E-state index contributed by atoms with van der Waals surface area (Å²) in [6, 6.07) is 4.09. The van der Waals surface area contributed by atoms with Gasteiger partial charge in [-0.2, -0.15) is 12.6 Å². The van der Waals surface area contributed by atoms with Crippen LogP contribution in [0.2, 0.25) is 0 Å². The molecule has 0 aliphatic rings. The van der Waals surface area contributed by atoms with Gasteiger partial charge in [0.15, 0.2) is 0 Å². The number of aromatic amines is 1. The number of thiol groups is 1. The number of para-hydroxylation sites is 1. The van der Waals surface area contributed by atoms with Crippen molar-refractivity contribution < 1.29 is 24.3 Å². The van der Waals surface area contributed by atoms with Gasteiger partial charge in [0.25, 0.3) is 0 Å². The van der Waals surface area contributed by atoms with Crippen LogP contribution in [0.25, 0.3) is 10.9 Å². The number of nitrogens with two attached hydrogens (primary N) is 2. The van der Waals surface area contributed by atoms with Gasteiger partial charge in [-0.05, 0) is 18.1 Å². The lowest BCUT2D eigenvalue weighted by Gasteiger charge is -2.22. The smallest absolute Gasteiger partial charge is 0.326 e. The van der Waals surface area contributed by atoms with Crippen LogP contribution in [0, 0.1) is 0 Å². The Bertz CT molecular complexity index is 931. The molecule has 0 aliphatic carbocycles. The number of hydrogen-bond donors (Lipinski definition) is 7. The molecular weight excluding hydrogens is 410 g/mol. The van der Waals surface area contributed by atoms with E-state index < -0.39 is 41.8 Å². The standard InChI is InChI=1S/C19H25N5O5S/c20-12(9-30)17(26)24-15(7-10-8-22-13-4-2-1-3-11(10)13)18(27)23-14(19(28)29)5-6-16(21)25/h1-4,8,12,14-15,22,30H,5-7,9,20H2,(H2,21,25)(H,23,27)(H,24,26)(H,28,29). The summed E-state index contributed by atoms with van der Waals surface area (Å²) in [5.41, 5.74) is 12.4. The minimum atomic E-state index is -1.33. The van der Waals surface area contributed by atoms with Gasteiger partial charge in [0.2, 0.25) is 17.7 Å². The van der Waals surface area contributed by atoms with Gasteiger partial charge in [0, 0.05) is 35.7 Å². The van der Waals surface area contributed by atoms with E-state index in [0.717, 1.165) is 16.5 Å². The number of hydrogen-bond acceptors (Lipinski definition) is 6. The number of nitrogens with one attached hydrogen (secondary N) is 3. The number of fused-ring (bicyclic) bond motifs is 1. The molecule has 0 saturated carbocycles. The van der Waals surface area contributed by atoms with Gasteiger partial charge in [-0.25, -0.2) is 4.79 Å². The molecule has 10 nitrogen and oxygen atoms in total. The van der Waals surface area contributed by atoms with Crippen molar-refractivity contribution in [2.75, 3.05) is 5.75 Å². The van der Waals surface area contributed by atoms with Crippen molar-refractivity contribution in [3.8, 4) is 0 Å². The summed E-state index contributed by atoms with van der Waals surface area (Å²) in [6.07, 6.45) is 1.45. The molecule has 162 valence electrons. The fourth-order valence-electron chi connectivity index (χ4n) is 2.91. The molecule has 0 fully saturated rings. The Morgan fingerprint density at radius 2 is 1.77 bits per heavy atom. The zero-order chi connectivity index (χ0) is 22.3. The Kier molecular flexibility index (Phi) is 8.25. The number of H-pyrrole nitrogens is 1. The summed E-state index contributed by atoms with van der Waals surface area (Å²) in [6.45, 7) is 0. The normalized spacial score (nSPS) is 13.9. The molecule has 1 aromatic carbocycles. The Balaban J connectivity index is 2.23. The number of amides is 3. The molecule has 2 rings (SSSR count). The molecule has 11 heteroatoms. The number of primary amides is 1. The third-order valence-electron chi connectivity index (χ3n) is 4.56. The second kappa shape index (κ2) is 10.6.